The normalized spacial score (nSPS) is 10.4. The highest BCUT2D eigenvalue weighted by Gasteiger charge is 2.08. The van der Waals surface area contributed by atoms with Gasteiger partial charge in [-0.05, 0) is 38.2 Å². The minimum atomic E-state index is -0.394. The minimum Gasteiger partial charge on any atom is -0.469 e. The van der Waals surface area contributed by atoms with Gasteiger partial charge < -0.3 is 10.1 Å². The molecule has 0 saturated carbocycles. The van der Waals surface area contributed by atoms with Gasteiger partial charge in [-0.1, -0.05) is 6.07 Å². The van der Waals surface area contributed by atoms with Crippen LogP contribution in [0.2, 0.25) is 0 Å². The fraction of sp³-hybridized carbons (Fsp3) is 0.429. The Balaban J connectivity index is 2.29. The summed E-state index contributed by atoms with van der Waals surface area (Å²) in [6.07, 6.45) is 0.947. The van der Waals surface area contributed by atoms with Crippen molar-refractivity contribution in [1.82, 2.24) is 4.90 Å². The number of methoxy groups -OCH3 is 1. The summed E-state index contributed by atoms with van der Waals surface area (Å²) in [5.41, 5.74) is 0.429. The molecule has 1 N–H and O–H groups in total. The Labute approximate surface area is 117 Å². The third-order valence-electron chi connectivity index (χ3n) is 2.67. The van der Waals surface area contributed by atoms with E-state index in [1.54, 1.807) is 18.0 Å². The van der Waals surface area contributed by atoms with Crippen molar-refractivity contribution in [2.75, 3.05) is 32.6 Å². The standard InChI is InChI=1S/C14H19FN2O3/c1-17(8-4-7-14(19)20-2)10-13(18)16-12-6-3-5-11(15)9-12/h3,5-6,9H,4,7-8,10H2,1-2H3,(H,16,18). The van der Waals surface area contributed by atoms with Crippen molar-refractivity contribution in [3.05, 3.63) is 30.1 Å². The molecule has 6 heteroatoms. The molecule has 0 aliphatic carbocycles. The molecule has 0 bridgehead atoms. The first-order valence-electron chi connectivity index (χ1n) is 6.32. The zero-order valence-corrected chi connectivity index (χ0v) is 11.7. The summed E-state index contributed by atoms with van der Waals surface area (Å²) in [5, 5.41) is 2.61. The van der Waals surface area contributed by atoms with Crippen LogP contribution in [-0.4, -0.2) is 44.0 Å². The van der Waals surface area contributed by atoms with E-state index in [0.29, 0.717) is 25.1 Å². The lowest BCUT2D eigenvalue weighted by Gasteiger charge is -2.15. The molecule has 0 spiro atoms. The molecule has 0 radical (unpaired) electrons. The van der Waals surface area contributed by atoms with Gasteiger partial charge in [0.05, 0.1) is 13.7 Å². The van der Waals surface area contributed by atoms with Crippen molar-refractivity contribution in [3.63, 3.8) is 0 Å². The van der Waals surface area contributed by atoms with E-state index in [4.69, 9.17) is 0 Å². The third kappa shape index (κ3) is 6.29. The van der Waals surface area contributed by atoms with Gasteiger partial charge in [-0.25, -0.2) is 4.39 Å². The second kappa shape index (κ2) is 8.27. The van der Waals surface area contributed by atoms with Gasteiger partial charge in [0.2, 0.25) is 5.91 Å². The smallest absolute Gasteiger partial charge is 0.305 e. The highest BCUT2D eigenvalue weighted by molar-refractivity contribution is 5.92. The number of carbonyl (C=O) groups is 2. The number of halogens is 1. The molecule has 20 heavy (non-hydrogen) atoms. The zero-order valence-electron chi connectivity index (χ0n) is 11.7. The van der Waals surface area contributed by atoms with Gasteiger partial charge in [0.15, 0.2) is 0 Å². The first kappa shape index (κ1) is 16.1. The van der Waals surface area contributed by atoms with Gasteiger partial charge in [0.25, 0.3) is 0 Å². The fourth-order valence-corrected chi connectivity index (χ4v) is 1.69. The molecule has 0 atom stereocenters. The monoisotopic (exact) mass is 282 g/mol. The van der Waals surface area contributed by atoms with Gasteiger partial charge in [0, 0.05) is 12.1 Å². The number of amides is 1. The quantitative estimate of drug-likeness (QED) is 0.773. The number of rotatable bonds is 7. The average Bonchev–Trinajstić information content (AvgIpc) is 2.38. The molecule has 5 nitrogen and oxygen atoms in total. The summed E-state index contributed by atoms with van der Waals surface area (Å²) in [4.78, 5) is 24.4. The van der Waals surface area contributed by atoms with Crippen LogP contribution in [0, 0.1) is 5.82 Å². The molecule has 110 valence electrons. The van der Waals surface area contributed by atoms with Crippen molar-refractivity contribution in [3.8, 4) is 0 Å². The Morgan fingerprint density at radius 2 is 2.15 bits per heavy atom. The first-order chi connectivity index (χ1) is 9.51. The van der Waals surface area contributed by atoms with Gasteiger partial charge in [0.1, 0.15) is 5.82 Å². The molecular formula is C14H19FN2O3. The van der Waals surface area contributed by atoms with Gasteiger partial charge in [-0.2, -0.15) is 0 Å². The lowest BCUT2D eigenvalue weighted by atomic mass is 10.3. The van der Waals surface area contributed by atoms with Crippen molar-refractivity contribution in [2.45, 2.75) is 12.8 Å². The Morgan fingerprint density at radius 1 is 1.40 bits per heavy atom. The van der Waals surface area contributed by atoms with E-state index in [1.165, 1.54) is 25.3 Å². The number of benzene rings is 1. The Hall–Kier alpha value is -1.95. The second-order valence-corrected chi connectivity index (χ2v) is 4.48. The highest BCUT2D eigenvalue weighted by atomic mass is 19.1. The lowest BCUT2D eigenvalue weighted by Crippen LogP contribution is -2.31. The predicted molar refractivity (Wildman–Crippen MR) is 73.8 cm³/mol. The van der Waals surface area contributed by atoms with Crippen LogP contribution < -0.4 is 5.32 Å². The van der Waals surface area contributed by atoms with E-state index in [-0.39, 0.29) is 18.4 Å². The van der Waals surface area contributed by atoms with Crippen LogP contribution in [0.15, 0.2) is 24.3 Å². The van der Waals surface area contributed by atoms with E-state index < -0.39 is 5.82 Å². The summed E-state index contributed by atoms with van der Waals surface area (Å²) in [7, 11) is 3.13. The number of esters is 1. The molecule has 1 aromatic carbocycles. The average molecular weight is 282 g/mol. The van der Waals surface area contributed by atoms with E-state index in [0.717, 1.165) is 0 Å². The largest absolute Gasteiger partial charge is 0.469 e. The van der Waals surface area contributed by atoms with Crippen LogP contribution in [0.1, 0.15) is 12.8 Å². The Kier molecular flexibility index (Phi) is 6.66. The molecule has 0 fully saturated rings. The van der Waals surface area contributed by atoms with Crippen LogP contribution in [0.4, 0.5) is 10.1 Å². The maximum absolute atomic E-state index is 13.0. The zero-order chi connectivity index (χ0) is 15.0. The summed E-state index contributed by atoms with van der Waals surface area (Å²) in [5.74, 6) is -0.881. The Bertz CT molecular complexity index is 465. The van der Waals surface area contributed by atoms with Gasteiger partial charge >= 0.3 is 5.97 Å². The van der Waals surface area contributed by atoms with Crippen molar-refractivity contribution < 1.29 is 18.7 Å². The fourth-order valence-electron chi connectivity index (χ4n) is 1.69. The first-order valence-corrected chi connectivity index (χ1v) is 6.32. The molecule has 1 rings (SSSR count). The van der Waals surface area contributed by atoms with Gasteiger partial charge in [-0.3, -0.25) is 14.5 Å². The number of ether oxygens (including phenoxy) is 1. The van der Waals surface area contributed by atoms with Crippen LogP contribution in [-0.2, 0) is 14.3 Å². The summed E-state index contributed by atoms with van der Waals surface area (Å²) >= 11 is 0. The van der Waals surface area contributed by atoms with E-state index in [9.17, 15) is 14.0 Å². The molecule has 0 aliphatic heterocycles. The molecule has 1 aromatic rings. The summed E-state index contributed by atoms with van der Waals surface area (Å²) in [6.45, 7) is 0.781. The topological polar surface area (TPSA) is 58.6 Å². The van der Waals surface area contributed by atoms with Crippen LogP contribution in [0.25, 0.3) is 0 Å². The lowest BCUT2D eigenvalue weighted by molar-refractivity contribution is -0.140. The maximum Gasteiger partial charge on any atom is 0.305 e. The van der Waals surface area contributed by atoms with Crippen LogP contribution >= 0.6 is 0 Å². The van der Waals surface area contributed by atoms with Crippen molar-refractivity contribution in [2.24, 2.45) is 0 Å². The number of nitrogens with zero attached hydrogens (tertiary/aromatic N) is 1. The molecule has 1 amide bonds. The number of anilines is 1. The van der Waals surface area contributed by atoms with Crippen LogP contribution in [0.3, 0.4) is 0 Å². The van der Waals surface area contributed by atoms with Gasteiger partial charge in [-0.15, -0.1) is 0 Å². The number of hydrogen-bond donors (Lipinski definition) is 1. The Morgan fingerprint density at radius 3 is 2.80 bits per heavy atom. The van der Waals surface area contributed by atoms with E-state index in [1.807, 2.05) is 0 Å². The van der Waals surface area contributed by atoms with Crippen LogP contribution in [0.5, 0.6) is 0 Å². The van der Waals surface area contributed by atoms with E-state index in [2.05, 4.69) is 10.1 Å². The van der Waals surface area contributed by atoms with Crippen molar-refractivity contribution in [1.29, 1.82) is 0 Å². The molecule has 0 heterocycles. The maximum atomic E-state index is 13.0. The molecule has 0 saturated heterocycles. The second-order valence-electron chi connectivity index (χ2n) is 4.48. The minimum absolute atomic E-state index is 0.178. The number of hydrogen-bond acceptors (Lipinski definition) is 4. The van der Waals surface area contributed by atoms with E-state index >= 15 is 0 Å². The molecule has 0 unspecified atom stereocenters. The number of likely N-dealkylation sites (N-methyl/N-ethyl adjacent to an activating group) is 1. The number of nitrogens with one attached hydrogen (secondary N) is 1. The van der Waals surface area contributed by atoms with Crippen molar-refractivity contribution >= 4 is 17.6 Å². The third-order valence-corrected chi connectivity index (χ3v) is 2.67. The summed E-state index contributed by atoms with van der Waals surface area (Å²) in [6, 6.07) is 5.73. The SMILES string of the molecule is COC(=O)CCCN(C)CC(=O)Nc1cccc(F)c1. The summed E-state index contributed by atoms with van der Waals surface area (Å²) < 4.78 is 17.5. The molecule has 0 aromatic heterocycles. The molecular weight excluding hydrogens is 263 g/mol. The predicted octanol–water partition coefficient (Wildman–Crippen LogP) is 1.65. The highest BCUT2D eigenvalue weighted by Crippen LogP contribution is 2.08. The molecule has 0 aliphatic rings. The number of carbonyl (C=O) groups excluding carboxylic acids is 2.